The van der Waals surface area contributed by atoms with Crippen LogP contribution in [0.15, 0.2) is 65.4 Å². The van der Waals surface area contributed by atoms with Gasteiger partial charge in [-0.1, -0.05) is 25.1 Å². The fourth-order valence-electron chi connectivity index (χ4n) is 5.11. The molecule has 5 rings (SSSR count). The van der Waals surface area contributed by atoms with E-state index in [-0.39, 0.29) is 23.9 Å². The molecule has 0 spiro atoms. The maximum Gasteiger partial charge on any atom is 0.254 e. The fraction of sp³-hybridized carbons (Fsp3) is 0.379. The summed E-state index contributed by atoms with van der Waals surface area (Å²) in [5.41, 5.74) is 2.57. The number of likely N-dealkylation sites (tertiary alicyclic amines) is 1. The molecule has 8 heteroatoms. The van der Waals surface area contributed by atoms with Gasteiger partial charge in [-0.25, -0.2) is 9.67 Å². The molecule has 4 heterocycles. The van der Waals surface area contributed by atoms with Crippen molar-refractivity contribution in [2.24, 2.45) is 0 Å². The highest BCUT2D eigenvalue weighted by molar-refractivity contribution is 6.06. The first-order chi connectivity index (χ1) is 18.0. The molecule has 1 aliphatic heterocycles. The number of rotatable bonds is 7. The average Bonchev–Trinajstić information content (AvgIpc) is 3.62. The number of hydrogen-bond acceptors (Lipinski definition) is 5. The highest BCUT2D eigenvalue weighted by Crippen LogP contribution is 2.29. The van der Waals surface area contributed by atoms with Gasteiger partial charge in [-0.15, -0.1) is 0 Å². The molecule has 37 heavy (non-hydrogen) atoms. The van der Waals surface area contributed by atoms with Crippen LogP contribution in [-0.2, 0) is 0 Å². The molecule has 0 unspecified atom stereocenters. The summed E-state index contributed by atoms with van der Waals surface area (Å²) in [6.45, 7) is 8.07. The Labute approximate surface area is 216 Å². The van der Waals surface area contributed by atoms with Gasteiger partial charge in [0.15, 0.2) is 11.4 Å². The highest BCUT2D eigenvalue weighted by Gasteiger charge is 2.31. The average molecular weight is 500 g/mol. The first-order valence-electron chi connectivity index (χ1n) is 13.0. The Bertz CT molecular complexity index is 1370. The molecule has 0 aliphatic carbocycles. The maximum absolute atomic E-state index is 14.1. The van der Waals surface area contributed by atoms with Crippen LogP contribution in [0, 0.1) is 0 Å². The molecule has 1 aromatic carbocycles. The first-order valence-corrected chi connectivity index (χ1v) is 13.0. The molecule has 0 bridgehead atoms. The second kappa shape index (κ2) is 10.6. The van der Waals surface area contributed by atoms with Crippen molar-refractivity contribution in [3.63, 3.8) is 0 Å². The third-order valence-corrected chi connectivity index (χ3v) is 7.00. The molecular weight excluding hydrogens is 466 g/mol. The normalized spacial score (nSPS) is 14.4. The zero-order valence-corrected chi connectivity index (χ0v) is 21.6. The fourth-order valence-corrected chi connectivity index (χ4v) is 5.11. The second-order valence-electron chi connectivity index (χ2n) is 9.84. The Hall–Kier alpha value is -3.94. The second-order valence-corrected chi connectivity index (χ2v) is 9.84. The highest BCUT2D eigenvalue weighted by atomic mass is 16.3. The number of carbonyl (C=O) groups excluding carboxylic acids is 2. The molecule has 0 radical (unpaired) electrons. The third-order valence-electron chi connectivity index (χ3n) is 7.00. The first kappa shape index (κ1) is 24.7. The Morgan fingerprint density at radius 1 is 1.11 bits per heavy atom. The number of nitrogens with zero attached hydrogens (tertiary/aromatic N) is 5. The van der Waals surface area contributed by atoms with Gasteiger partial charge in [-0.3, -0.25) is 9.59 Å². The van der Waals surface area contributed by atoms with Gasteiger partial charge in [0.2, 0.25) is 0 Å². The predicted molar refractivity (Wildman–Crippen MR) is 142 cm³/mol. The van der Waals surface area contributed by atoms with Crippen molar-refractivity contribution in [2.75, 3.05) is 19.6 Å². The number of piperidine rings is 1. The number of pyridine rings is 1. The van der Waals surface area contributed by atoms with Gasteiger partial charge < -0.3 is 14.2 Å². The Kier molecular flexibility index (Phi) is 7.08. The summed E-state index contributed by atoms with van der Waals surface area (Å²) in [5.74, 6) is 0.632. The molecule has 2 amide bonds. The van der Waals surface area contributed by atoms with Crippen molar-refractivity contribution in [1.82, 2.24) is 24.6 Å². The van der Waals surface area contributed by atoms with Crippen molar-refractivity contribution >= 4 is 22.8 Å². The Morgan fingerprint density at radius 3 is 2.51 bits per heavy atom. The summed E-state index contributed by atoms with van der Waals surface area (Å²) in [5, 5.41) is 5.29. The van der Waals surface area contributed by atoms with Crippen LogP contribution < -0.4 is 0 Å². The van der Waals surface area contributed by atoms with E-state index in [1.165, 1.54) is 0 Å². The summed E-state index contributed by atoms with van der Waals surface area (Å²) >= 11 is 0. The predicted octanol–water partition coefficient (Wildman–Crippen LogP) is 5.43. The number of amides is 2. The molecular formula is C29H33N5O3. The van der Waals surface area contributed by atoms with Crippen molar-refractivity contribution < 1.29 is 14.0 Å². The van der Waals surface area contributed by atoms with Crippen LogP contribution in [0.25, 0.3) is 22.5 Å². The van der Waals surface area contributed by atoms with E-state index in [0.29, 0.717) is 47.9 Å². The van der Waals surface area contributed by atoms with E-state index in [0.717, 1.165) is 24.6 Å². The maximum atomic E-state index is 14.1. The minimum atomic E-state index is -0.0294. The van der Waals surface area contributed by atoms with E-state index in [1.807, 2.05) is 76.9 Å². The van der Waals surface area contributed by atoms with Gasteiger partial charge in [0, 0.05) is 37.3 Å². The number of hydrogen-bond donors (Lipinski definition) is 0. The number of furan rings is 1. The molecule has 0 atom stereocenters. The number of fused-ring (bicyclic) bond motifs is 1. The van der Waals surface area contributed by atoms with Crippen LogP contribution in [0.1, 0.15) is 66.8 Å². The molecule has 8 nitrogen and oxygen atoms in total. The Balaban J connectivity index is 1.43. The Morgan fingerprint density at radius 2 is 1.86 bits per heavy atom. The molecule has 0 N–H and O–H groups in total. The smallest absolute Gasteiger partial charge is 0.254 e. The van der Waals surface area contributed by atoms with Crippen LogP contribution in [-0.4, -0.2) is 62.1 Å². The molecule has 1 aliphatic rings. The zero-order chi connectivity index (χ0) is 25.9. The van der Waals surface area contributed by atoms with Crippen LogP contribution in [0.5, 0.6) is 0 Å². The summed E-state index contributed by atoms with van der Waals surface area (Å²) in [4.78, 5) is 35.8. The monoisotopic (exact) mass is 499 g/mol. The lowest BCUT2D eigenvalue weighted by molar-refractivity contribution is 0.0520. The number of carbonyl (C=O) groups is 2. The molecule has 3 aromatic heterocycles. The van der Waals surface area contributed by atoms with E-state index in [2.05, 4.69) is 12.0 Å². The molecule has 192 valence electrons. The van der Waals surface area contributed by atoms with E-state index >= 15 is 0 Å². The minimum absolute atomic E-state index is 0.0294. The lowest BCUT2D eigenvalue weighted by Gasteiger charge is -2.38. The van der Waals surface area contributed by atoms with E-state index in [1.54, 1.807) is 12.5 Å². The van der Waals surface area contributed by atoms with Gasteiger partial charge in [0.05, 0.1) is 23.4 Å². The van der Waals surface area contributed by atoms with Crippen LogP contribution in [0.2, 0.25) is 0 Å². The third kappa shape index (κ3) is 4.88. The van der Waals surface area contributed by atoms with E-state index < -0.39 is 0 Å². The van der Waals surface area contributed by atoms with Gasteiger partial charge in [-0.2, -0.15) is 5.10 Å². The largest absolute Gasteiger partial charge is 0.463 e. The topological polar surface area (TPSA) is 84.5 Å². The van der Waals surface area contributed by atoms with Crippen LogP contribution in [0.4, 0.5) is 0 Å². The summed E-state index contributed by atoms with van der Waals surface area (Å²) < 4.78 is 7.46. The van der Waals surface area contributed by atoms with Gasteiger partial charge >= 0.3 is 0 Å². The van der Waals surface area contributed by atoms with Crippen LogP contribution in [0.3, 0.4) is 0 Å². The number of aromatic nitrogens is 3. The lowest BCUT2D eigenvalue weighted by Crippen LogP contribution is -2.49. The van der Waals surface area contributed by atoms with Crippen molar-refractivity contribution in [3.8, 4) is 11.5 Å². The summed E-state index contributed by atoms with van der Waals surface area (Å²) in [6.07, 6.45) is 5.69. The molecule has 1 saturated heterocycles. The minimum Gasteiger partial charge on any atom is -0.463 e. The van der Waals surface area contributed by atoms with Gasteiger partial charge in [0.1, 0.15) is 5.69 Å². The SMILES string of the molecule is CCCN(C(=O)c1cc(-c2ccco2)nc2c1cnn2C(C)C)C1CCN(C(=O)c2ccccc2)CC1. The van der Waals surface area contributed by atoms with Gasteiger partial charge in [-0.05, 0) is 63.4 Å². The molecule has 0 saturated carbocycles. The molecule has 1 fully saturated rings. The van der Waals surface area contributed by atoms with Crippen LogP contribution >= 0.6 is 0 Å². The van der Waals surface area contributed by atoms with Crippen molar-refractivity contribution in [1.29, 1.82) is 0 Å². The molecule has 4 aromatic rings. The van der Waals surface area contributed by atoms with E-state index in [4.69, 9.17) is 9.40 Å². The summed E-state index contributed by atoms with van der Waals surface area (Å²) in [6, 6.07) is 15.0. The standard InChI is InChI=1S/C29H33N5O3/c1-4-14-33(22-12-15-32(16-13-22)28(35)21-9-6-5-7-10-21)29(36)23-18-25(26-11-8-17-37-26)31-27-24(23)19-30-34(27)20(2)3/h5-11,17-20,22H,4,12-16H2,1-3H3. The van der Waals surface area contributed by atoms with E-state index in [9.17, 15) is 9.59 Å². The lowest BCUT2D eigenvalue weighted by atomic mass is 10.00. The quantitative estimate of drug-likeness (QED) is 0.339. The number of benzene rings is 1. The summed E-state index contributed by atoms with van der Waals surface area (Å²) in [7, 11) is 0. The van der Waals surface area contributed by atoms with Crippen molar-refractivity contribution in [3.05, 3.63) is 72.1 Å². The zero-order valence-electron chi connectivity index (χ0n) is 21.6. The van der Waals surface area contributed by atoms with Crippen molar-refractivity contribution in [2.45, 2.75) is 52.1 Å². The van der Waals surface area contributed by atoms with Gasteiger partial charge in [0.25, 0.3) is 11.8 Å².